The highest BCUT2D eigenvalue weighted by atomic mass is 16.5. The Labute approximate surface area is 139 Å². The first kappa shape index (κ1) is 14.7. The number of ether oxygens (including phenoxy) is 1. The van der Waals surface area contributed by atoms with Crippen molar-refractivity contribution in [3.63, 3.8) is 0 Å². The van der Waals surface area contributed by atoms with Crippen molar-refractivity contribution in [1.29, 1.82) is 0 Å². The molecule has 1 heterocycles. The van der Waals surface area contributed by atoms with Gasteiger partial charge in [-0.25, -0.2) is 4.79 Å². The van der Waals surface area contributed by atoms with Gasteiger partial charge in [-0.1, -0.05) is 30.3 Å². The Hall–Kier alpha value is -2.88. The summed E-state index contributed by atoms with van der Waals surface area (Å²) in [5.41, 5.74) is 4.40. The first-order chi connectivity index (χ1) is 11.7. The molecular formula is C20H17NO3. The predicted molar refractivity (Wildman–Crippen MR) is 91.4 cm³/mol. The number of H-pyrrole nitrogens is 1. The number of aromatic amines is 1. The Balaban J connectivity index is 1.44. The number of carbonyl (C=O) groups is 2. The SMILES string of the molecule is O=C(COC(=O)c1cc2ccccc2[nH]1)c1ccc2c(c1)CCC2. The molecular weight excluding hydrogens is 302 g/mol. The van der Waals surface area contributed by atoms with E-state index < -0.39 is 5.97 Å². The van der Waals surface area contributed by atoms with Gasteiger partial charge in [0.15, 0.2) is 12.4 Å². The highest BCUT2D eigenvalue weighted by molar-refractivity contribution is 6.00. The van der Waals surface area contributed by atoms with Gasteiger partial charge in [-0.3, -0.25) is 4.79 Å². The molecule has 1 aliphatic rings. The second-order valence-electron chi connectivity index (χ2n) is 6.11. The van der Waals surface area contributed by atoms with Gasteiger partial charge < -0.3 is 9.72 Å². The van der Waals surface area contributed by atoms with Gasteiger partial charge in [0.25, 0.3) is 0 Å². The van der Waals surface area contributed by atoms with Crippen LogP contribution in [0.1, 0.15) is 38.4 Å². The molecule has 120 valence electrons. The maximum atomic E-state index is 12.3. The van der Waals surface area contributed by atoms with Crippen LogP contribution in [-0.2, 0) is 17.6 Å². The minimum atomic E-state index is -0.513. The fraction of sp³-hybridized carbons (Fsp3) is 0.200. The van der Waals surface area contributed by atoms with Crippen LogP contribution in [0.3, 0.4) is 0 Å². The number of para-hydroxylation sites is 1. The Bertz CT molecular complexity index is 906. The molecule has 4 rings (SSSR count). The number of nitrogens with one attached hydrogen (secondary N) is 1. The number of fused-ring (bicyclic) bond motifs is 2. The summed E-state index contributed by atoms with van der Waals surface area (Å²) in [6.07, 6.45) is 3.24. The number of carbonyl (C=O) groups excluding carboxylic acids is 2. The van der Waals surface area contributed by atoms with Gasteiger partial charge in [0.05, 0.1) is 0 Å². The molecule has 0 radical (unpaired) electrons. The van der Waals surface area contributed by atoms with E-state index in [1.54, 1.807) is 6.07 Å². The van der Waals surface area contributed by atoms with Crippen molar-refractivity contribution in [3.05, 3.63) is 70.9 Å². The molecule has 2 aromatic carbocycles. The summed E-state index contributed by atoms with van der Waals surface area (Å²) in [6.45, 7) is -0.243. The topological polar surface area (TPSA) is 59.2 Å². The molecule has 4 heteroatoms. The van der Waals surface area contributed by atoms with Crippen LogP contribution in [-0.4, -0.2) is 23.3 Å². The number of aryl methyl sites for hydroxylation is 2. The van der Waals surface area contributed by atoms with Crippen LogP contribution < -0.4 is 0 Å². The minimum Gasteiger partial charge on any atom is -0.453 e. The second kappa shape index (κ2) is 5.96. The highest BCUT2D eigenvalue weighted by Gasteiger charge is 2.16. The van der Waals surface area contributed by atoms with E-state index in [0.29, 0.717) is 11.3 Å². The third-order valence-electron chi connectivity index (χ3n) is 4.50. The number of aromatic nitrogens is 1. The zero-order valence-corrected chi connectivity index (χ0v) is 13.2. The van der Waals surface area contributed by atoms with Gasteiger partial charge in [0, 0.05) is 16.5 Å². The van der Waals surface area contributed by atoms with Gasteiger partial charge in [0.2, 0.25) is 0 Å². The summed E-state index contributed by atoms with van der Waals surface area (Å²) >= 11 is 0. The van der Waals surface area contributed by atoms with Crippen LogP contribution in [0.4, 0.5) is 0 Å². The highest BCUT2D eigenvalue weighted by Crippen LogP contribution is 2.23. The smallest absolute Gasteiger partial charge is 0.355 e. The van der Waals surface area contributed by atoms with Crippen LogP contribution >= 0.6 is 0 Å². The molecule has 1 aromatic heterocycles. The van der Waals surface area contributed by atoms with Crippen molar-refractivity contribution in [2.45, 2.75) is 19.3 Å². The molecule has 1 aliphatic carbocycles. The molecule has 24 heavy (non-hydrogen) atoms. The Kier molecular flexibility index (Phi) is 3.65. The lowest BCUT2D eigenvalue weighted by Crippen LogP contribution is -2.14. The molecule has 0 bridgehead atoms. The molecule has 0 fully saturated rings. The lowest BCUT2D eigenvalue weighted by Gasteiger charge is -2.05. The van der Waals surface area contributed by atoms with Gasteiger partial charge in [-0.15, -0.1) is 0 Å². The number of ketones is 1. The van der Waals surface area contributed by atoms with Crippen molar-refractivity contribution in [1.82, 2.24) is 4.98 Å². The van der Waals surface area contributed by atoms with E-state index in [4.69, 9.17) is 4.74 Å². The monoisotopic (exact) mass is 319 g/mol. The Morgan fingerprint density at radius 1 is 1.00 bits per heavy atom. The van der Waals surface area contributed by atoms with Crippen molar-refractivity contribution in [3.8, 4) is 0 Å². The average molecular weight is 319 g/mol. The predicted octanol–water partition coefficient (Wildman–Crippen LogP) is 3.70. The van der Waals surface area contributed by atoms with Crippen molar-refractivity contribution < 1.29 is 14.3 Å². The fourth-order valence-corrected chi connectivity index (χ4v) is 3.22. The van der Waals surface area contributed by atoms with Gasteiger partial charge in [-0.05, 0) is 48.6 Å². The molecule has 0 saturated carbocycles. The standard InChI is InChI=1S/C20H17NO3/c22-19(16-9-8-13-5-3-6-14(13)10-16)12-24-20(23)18-11-15-4-1-2-7-17(15)21-18/h1-2,4,7-11,21H,3,5-6,12H2. The number of Topliss-reactive ketones (excluding diaryl/α,β-unsaturated/α-hetero) is 1. The van der Waals surface area contributed by atoms with Gasteiger partial charge in [0.1, 0.15) is 5.69 Å². The molecule has 0 unspecified atom stereocenters. The largest absolute Gasteiger partial charge is 0.453 e. The molecule has 1 N–H and O–H groups in total. The molecule has 0 aliphatic heterocycles. The van der Waals surface area contributed by atoms with Crippen LogP contribution in [0, 0.1) is 0 Å². The van der Waals surface area contributed by atoms with Gasteiger partial charge >= 0.3 is 5.97 Å². The lowest BCUT2D eigenvalue weighted by molar-refractivity contribution is 0.0470. The van der Waals surface area contributed by atoms with Crippen LogP contribution in [0.5, 0.6) is 0 Å². The van der Waals surface area contributed by atoms with Crippen molar-refractivity contribution in [2.24, 2.45) is 0 Å². The summed E-state index contributed by atoms with van der Waals surface area (Å²) in [6, 6.07) is 15.1. The molecule has 3 aromatic rings. The zero-order chi connectivity index (χ0) is 16.5. The number of hydrogen-bond donors (Lipinski definition) is 1. The number of hydrogen-bond acceptors (Lipinski definition) is 3. The Morgan fingerprint density at radius 2 is 1.83 bits per heavy atom. The Morgan fingerprint density at radius 3 is 2.71 bits per heavy atom. The number of rotatable bonds is 4. The maximum Gasteiger partial charge on any atom is 0.355 e. The van der Waals surface area contributed by atoms with E-state index in [1.165, 1.54) is 11.1 Å². The van der Waals surface area contributed by atoms with Crippen LogP contribution in [0.25, 0.3) is 10.9 Å². The third-order valence-corrected chi connectivity index (χ3v) is 4.50. The minimum absolute atomic E-state index is 0.172. The van der Waals surface area contributed by atoms with Crippen LogP contribution in [0.2, 0.25) is 0 Å². The summed E-state index contributed by atoms with van der Waals surface area (Å²) in [5.74, 6) is -0.685. The average Bonchev–Trinajstić information content (AvgIpc) is 3.24. The van der Waals surface area contributed by atoms with E-state index in [-0.39, 0.29) is 12.4 Å². The lowest BCUT2D eigenvalue weighted by atomic mass is 10.0. The zero-order valence-electron chi connectivity index (χ0n) is 13.2. The van der Waals surface area contributed by atoms with Crippen LogP contribution in [0.15, 0.2) is 48.5 Å². The molecule has 0 spiro atoms. The van der Waals surface area contributed by atoms with Crippen molar-refractivity contribution in [2.75, 3.05) is 6.61 Å². The molecule has 0 amide bonds. The second-order valence-corrected chi connectivity index (χ2v) is 6.11. The summed E-state index contributed by atoms with van der Waals surface area (Å²) < 4.78 is 5.17. The normalized spacial score (nSPS) is 13.0. The maximum absolute atomic E-state index is 12.3. The molecule has 0 atom stereocenters. The van der Waals surface area contributed by atoms with E-state index in [0.717, 1.165) is 30.2 Å². The van der Waals surface area contributed by atoms with E-state index in [1.807, 2.05) is 42.5 Å². The fourth-order valence-electron chi connectivity index (χ4n) is 3.22. The van der Waals surface area contributed by atoms with E-state index >= 15 is 0 Å². The third kappa shape index (κ3) is 2.71. The summed E-state index contributed by atoms with van der Waals surface area (Å²) in [7, 11) is 0. The van der Waals surface area contributed by atoms with Crippen molar-refractivity contribution >= 4 is 22.7 Å². The van der Waals surface area contributed by atoms with E-state index in [9.17, 15) is 9.59 Å². The number of esters is 1. The summed E-state index contributed by atoms with van der Waals surface area (Å²) in [5, 5.41) is 0.939. The quantitative estimate of drug-likeness (QED) is 0.589. The summed E-state index contributed by atoms with van der Waals surface area (Å²) in [4.78, 5) is 27.4. The first-order valence-corrected chi connectivity index (χ1v) is 8.10. The molecule has 0 saturated heterocycles. The first-order valence-electron chi connectivity index (χ1n) is 8.10. The van der Waals surface area contributed by atoms with E-state index in [2.05, 4.69) is 4.98 Å². The molecule has 4 nitrogen and oxygen atoms in total. The number of benzene rings is 2. The van der Waals surface area contributed by atoms with Gasteiger partial charge in [-0.2, -0.15) is 0 Å².